The molecule has 11 heteroatoms. The largest absolute Gasteiger partial charge is 0.490 e. The van der Waals surface area contributed by atoms with Crippen LogP contribution in [0.3, 0.4) is 0 Å². The molecule has 1 amide bonds. The third-order valence-corrected chi connectivity index (χ3v) is 5.80. The predicted molar refractivity (Wildman–Crippen MR) is 99.3 cm³/mol. The van der Waals surface area contributed by atoms with Crippen LogP contribution in [0.15, 0.2) is 12.4 Å². The van der Waals surface area contributed by atoms with E-state index in [-0.39, 0.29) is 17.4 Å². The number of ether oxygens (including phenoxy) is 1. The predicted octanol–water partition coefficient (Wildman–Crippen LogP) is 1.56. The molecule has 3 heterocycles. The summed E-state index contributed by atoms with van der Waals surface area (Å²) < 4.78 is 39.5. The Labute approximate surface area is 172 Å². The maximum absolute atomic E-state index is 12.9. The van der Waals surface area contributed by atoms with Crippen molar-refractivity contribution in [3.05, 3.63) is 18.0 Å². The number of nitrogens with one attached hydrogen (secondary N) is 1. The first-order valence-corrected chi connectivity index (χ1v) is 10.00. The van der Waals surface area contributed by atoms with Crippen molar-refractivity contribution in [2.75, 3.05) is 26.2 Å². The molecule has 0 spiro atoms. The lowest BCUT2D eigenvalue weighted by Gasteiger charge is -2.42. The van der Waals surface area contributed by atoms with Crippen molar-refractivity contribution < 1.29 is 32.6 Å². The number of amides is 1. The van der Waals surface area contributed by atoms with Crippen LogP contribution in [0.25, 0.3) is 0 Å². The van der Waals surface area contributed by atoms with Gasteiger partial charge in [0.1, 0.15) is 0 Å². The van der Waals surface area contributed by atoms with Gasteiger partial charge in [0.2, 0.25) is 5.91 Å². The lowest BCUT2D eigenvalue weighted by Crippen LogP contribution is -2.57. The molecule has 1 saturated carbocycles. The summed E-state index contributed by atoms with van der Waals surface area (Å²) in [6, 6.07) is 0. The molecule has 3 fully saturated rings. The molecule has 1 aliphatic carbocycles. The molecular weight excluding hydrogens is 405 g/mol. The number of aryl methyl sites for hydroxylation is 1. The Morgan fingerprint density at radius 3 is 2.63 bits per heavy atom. The Bertz CT molecular complexity index is 765. The molecule has 2 aliphatic heterocycles. The lowest BCUT2D eigenvalue weighted by molar-refractivity contribution is -0.192. The van der Waals surface area contributed by atoms with E-state index in [1.807, 2.05) is 17.9 Å². The highest BCUT2D eigenvalue weighted by Gasteiger charge is 2.53. The first kappa shape index (κ1) is 22.5. The summed E-state index contributed by atoms with van der Waals surface area (Å²) in [5.41, 5.74) is 0.855. The van der Waals surface area contributed by atoms with E-state index < -0.39 is 12.1 Å². The summed E-state index contributed by atoms with van der Waals surface area (Å²) in [5.74, 6) is -1.83. The minimum Gasteiger partial charge on any atom is -0.475 e. The second-order valence-electron chi connectivity index (χ2n) is 8.24. The topological polar surface area (TPSA) is 96.7 Å². The highest BCUT2D eigenvalue weighted by atomic mass is 19.4. The number of nitrogens with zero attached hydrogens (tertiary/aromatic N) is 3. The van der Waals surface area contributed by atoms with E-state index in [1.165, 1.54) is 18.4 Å². The van der Waals surface area contributed by atoms with Crippen molar-refractivity contribution >= 4 is 11.9 Å². The van der Waals surface area contributed by atoms with Gasteiger partial charge in [-0.25, -0.2) is 4.79 Å². The third kappa shape index (κ3) is 5.51. The van der Waals surface area contributed by atoms with Crippen molar-refractivity contribution in [2.24, 2.45) is 18.4 Å². The summed E-state index contributed by atoms with van der Waals surface area (Å²) in [7, 11) is 1.94. The molecule has 30 heavy (non-hydrogen) atoms. The fourth-order valence-corrected chi connectivity index (χ4v) is 4.04. The van der Waals surface area contributed by atoms with E-state index in [0.29, 0.717) is 12.5 Å². The smallest absolute Gasteiger partial charge is 0.475 e. The van der Waals surface area contributed by atoms with Crippen molar-refractivity contribution in [2.45, 2.75) is 44.5 Å². The highest BCUT2D eigenvalue weighted by Crippen LogP contribution is 2.41. The molecule has 0 aromatic carbocycles. The normalized spacial score (nSPS) is 26.5. The number of carboxylic acids is 1. The number of carboxylic acid groups (broad SMARTS) is 1. The van der Waals surface area contributed by atoms with Gasteiger partial charge in [-0.15, -0.1) is 0 Å². The molecule has 1 aromatic heterocycles. The average molecular weight is 432 g/mol. The van der Waals surface area contributed by atoms with Crippen LogP contribution in [0.1, 0.15) is 31.2 Å². The Morgan fingerprint density at radius 2 is 2.07 bits per heavy atom. The number of likely N-dealkylation sites (tertiary alicyclic amines) is 1. The van der Waals surface area contributed by atoms with E-state index in [1.54, 1.807) is 0 Å². The van der Waals surface area contributed by atoms with E-state index in [4.69, 9.17) is 14.6 Å². The fraction of sp³-hybridized carbons (Fsp3) is 0.737. The molecule has 168 valence electrons. The Kier molecular flexibility index (Phi) is 6.71. The van der Waals surface area contributed by atoms with E-state index in [2.05, 4.69) is 21.5 Å². The first-order chi connectivity index (χ1) is 14.1. The van der Waals surface area contributed by atoms with Crippen molar-refractivity contribution in [1.29, 1.82) is 0 Å². The zero-order valence-electron chi connectivity index (χ0n) is 16.8. The van der Waals surface area contributed by atoms with Crippen LogP contribution in [0.5, 0.6) is 0 Å². The number of carbonyl (C=O) groups is 2. The number of aliphatic carboxylic acids is 1. The Balaban J connectivity index is 0.000000318. The highest BCUT2D eigenvalue weighted by molar-refractivity contribution is 5.84. The minimum atomic E-state index is -5.08. The summed E-state index contributed by atoms with van der Waals surface area (Å²) in [6.07, 6.45) is 3.29. The molecule has 0 radical (unpaired) electrons. The molecule has 1 aromatic rings. The van der Waals surface area contributed by atoms with Crippen LogP contribution in [-0.2, 0) is 27.9 Å². The van der Waals surface area contributed by atoms with Crippen LogP contribution in [0.2, 0.25) is 0 Å². The maximum Gasteiger partial charge on any atom is 0.490 e. The number of carbonyl (C=O) groups excluding carboxylic acids is 1. The third-order valence-electron chi connectivity index (χ3n) is 5.80. The monoisotopic (exact) mass is 432 g/mol. The quantitative estimate of drug-likeness (QED) is 0.733. The van der Waals surface area contributed by atoms with Gasteiger partial charge in [-0.3, -0.25) is 14.4 Å². The van der Waals surface area contributed by atoms with Gasteiger partial charge in [0.05, 0.1) is 17.7 Å². The fourth-order valence-electron chi connectivity index (χ4n) is 4.04. The van der Waals surface area contributed by atoms with Crippen LogP contribution in [0.4, 0.5) is 13.2 Å². The molecule has 2 saturated heterocycles. The molecule has 3 aliphatic rings. The minimum absolute atomic E-state index is 0.0897. The maximum atomic E-state index is 12.9. The average Bonchev–Trinajstić information content (AvgIpc) is 3.26. The summed E-state index contributed by atoms with van der Waals surface area (Å²) in [5, 5.41) is 14.6. The van der Waals surface area contributed by atoms with Crippen LogP contribution in [0, 0.1) is 11.3 Å². The number of hydrogen-bond acceptors (Lipinski definition) is 5. The van der Waals surface area contributed by atoms with E-state index in [9.17, 15) is 18.0 Å². The van der Waals surface area contributed by atoms with Gasteiger partial charge in [-0.1, -0.05) is 0 Å². The lowest BCUT2D eigenvalue weighted by atomic mass is 9.75. The number of rotatable bonds is 5. The zero-order valence-corrected chi connectivity index (χ0v) is 16.8. The van der Waals surface area contributed by atoms with Crippen molar-refractivity contribution in [1.82, 2.24) is 20.0 Å². The van der Waals surface area contributed by atoms with Gasteiger partial charge in [-0.05, 0) is 31.6 Å². The van der Waals surface area contributed by atoms with E-state index in [0.717, 1.165) is 39.0 Å². The van der Waals surface area contributed by atoms with Gasteiger partial charge in [0, 0.05) is 51.6 Å². The number of fused-ring (bicyclic) bond motifs is 1. The molecule has 2 N–H and O–H groups in total. The van der Waals surface area contributed by atoms with Crippen molar-refractivity contribution in [3.63, 3.8) is 0 Å². The second-order valence-corrected chi connectivity index (χ2v) is 8.24. The van der Waals surface area contributed by atoms with Crippen LogP contribution >= 0.6 is 0 Å². The van der Waals surface area contributed by atoms with Crippen LogP contribution in [-0.4, -0.2) is 70.2 Å². The number of piperidine rings is 1. The van der Waals surface area contributed by atoms with Crippen molar-refractivity contribution in [3.8, 4) is 0 Å². The molecule has 8 nitrogen and oxygen atoms in total. The Hall–Kier alpha value is -2.14. The molecule has 0 unspecified atom stereocenters. The van der Waals surface area contributed by atoms with Gasteiger partial charge in [0.25, 0.3) is 0 Å². The number of aromatic nitrogens is 2. The standard InChI is InChI=1S/C17H26N4O2.C2HF3O2/c1-20-10-14(9-19-20)11-21-6-4-15-17(12-21,5-7-23-15)16(22)18-8-13-2-3-13;3-2(4,5)1(6)7/h9-10,13,15H,2-8,11-12H2,1H3,(H,18,22);(H,6,7)/t15-,17-;/m1./s1. The van der Waals surface area contributed by atoms with Gasteiger partial charge in [0.15, 0.2) is 0 Å². The second kappa shape index (κ2) is 8.93. The molecular formula is C19H27F3N4O4. The number of halogens is 3. The van der Waals surface area contributed by atoms with Gasteiger partial charge >= 0.3 is 12.1 Å². The summed E-state index contributed by atoms with van der Waals surface area (Å²) in [4.78, 5) is 24.2. The Morgan fingerprint density at radius 1 is 1.37 bits per heavy atom. The zero-order chi connectivity index (χ0) is 21.9. The summed E-state index contributed by atoms with van der Waals surface area (Å²) in [6.45, 7) is 4.19. The van der Waals surface area contributed by atoms with Gasteiger partial charge < -0.3 is 15.2 Å². The SMILES string of the molecule is Cn1cc(CN2CC[C@H]3OCC[C@@]3(C(=O)NCC3CC3)C2)cn1.O=C(O)C(F)(F)F. The van der Waals surface area contributed by atoms with Gasteiger partial charge in [-0.2, -0.15) is 18.3 Å². The summed E-state index contributed by atoms with van der Waals surface area (Å²) >= 11 is 0. The first-order valence-electron chi connectivity index (χ1n) is 10.00. The molecule has 2 atom stereocenters. The van der Waals surface area contributed by atoms with E-state index >= 15 is 0 Å². The molecule has 4 rings (SSSR count). The number of alkyl halides is 3. The van der Waals surface area contributed by atoms with Crippen LogP contribution < -0.4 is 5.32 Å². The number of hydrogen-bond donors (Lipinski definition) is 2. The molecule has 0 bridgehead atoms.